The van der Waals surface area contributed by atoms with E-state index in [4.69, 9.17) is 4.74 Å². The van der Waals surface area contributed by atoms with Gasteiger partial charge in [0, 0.05) is 43.5 Å². The number of carbonyl (C=O) groups excluding carboxylic acids is 3. The van der Waals surface area contributed by atoms with Crippen LogP contribution in [0.1, 0.15) is 37.2 Å². The summed E-state index contributed by atoms with van der Waals surface area (Å²) in [5, 5.41) is 2.77. The fourth-order valence-corrected chi connectivity index (χ4v) is 4.98. The number of benzene rings is 2. The molecule has 4 N–H and O–H groups in total. The third kappa shape index (κ3) is 7.75. The average molecular weight is 611 g/mol. The molecule has 0 saturated carbocycles. The number of amides is 3. The second-order valence-electron chi connectivity index (χ2n) is 10.1. The first-order valence-corrected chi connectivity index (χ1v) is 15.5. The van der Waals surface area contributed by atoms with Crippen LogP contribution in [0.4, 0.5) is 16.3 Å². The second kappa shape index (κ2) is 13.8. The van der Waals surface area contributed by atoms with Gasteiger partial charge < -0.3 is 35.0 Å². The molecule has 0 bridgehead atoms. The van der Waals surface area contributed by atoms with Crippen molar-refractivity contribution in [3.8, 4) is 11.4 Å². The SMILES string of the molecule is CCCCOC(=O)N1CCN(C(=O)[C@@](C)(NC(=O)c2cc(Nc3ccccc3)nc(-c3ccccc3)n2)P(=O)(O)O)CC1. The van der Waals surface area contributed by atoms with Crippen LogP contribution in [0.5, 0.6) is 0 Å². The molecule has 14 heteroatoms. The van der Waals surface area contributed by atoms with Gasteiger partial charge in [0.1, 0.15) is 11.5 Å². The van der Waals surface area contributed by atoms with Gasteiger partial charge >= 0.3 is 13.7 Å². The molecule has 4 rings (SSSR count). The summed E-state index contributed by atoms with van der Waals surface area (Å²) in [6.45, 7) is 3.48. The Bertz CT molecular complexity index is 1480. The number of ether oxygens (including phenoxy) is 1. The Labute approximate surface area is 249 Å². The Balaban J connectivity index is 1.56. The number of hydrogen-bond donors (Lipinski definition) is 4. The van der Waals surface area contributed by atoms with Gasteiger partial charge in [-0.2, -0.15) is 0 Å². The fourth-order valence-electron chi connectivity index (χ4n) is 4.34. The van der Waals surface area contributed by atoms with Crippen LogP contribution < -0.4 is 10.6 Å². The lowest BCUT2D eigenvalue weighted by Crippen LogP contribution is -2.61. The van der Waals surface area contributed by atoms with E-state index in [0.29, 0.717) is 11.3 Å². The van der Waals surface area contributed by atoms with Crippen LogP contribution in [-0.4, -0.2) is 85.5 Å². The third-order valence-corrected chi connectivity index (χ3v) is 8.41. The van der Waals surface area contributed by atoms with Gasteiger partial charge in [0.2, 0.25) is 5.28 Å². The van der Waals surface area contributed by atoms with Crippen LogP contribution in [0.15, 0.2) is 66.7 Å². The minimum absolute atomic E-state index is 0.00395. The summed E-state index contributed by atoms with van der Waals surface area (Å²) >= 11 is 0. The minimum Gasteiger partial charge on any atom is -0.449 e. The van der Waals surface area contributed by atoms with Gasteiger partial charge in [0.25, 0.3) is 11.8 Å². The molecule has 2 aromatic carbocycles. The number of piperazine rings is 1. The fraction of sp³-hybridized carbons (Fsp3) is 0.345. The van der Waals surface area contributed by atoms with Crippen molar-refractivity contribution in [2.45, 2.75) is 32.0 Å². The molecule has 1 aromatic heterocycles. The Hall–Kier alpha value is -4.32. The lowest BCUT2D eigenvalue weighted by atomic mass is 10.2. The molecule has 228 valence electrons. The molecule has 2 heterocycles. The predicted octanol–water partition coefficient (Wildman–Crippen LogP) is 3.59. The van der Waals surface area contributed by atoms with E-state index in [1.165, 1.54) is 15.9 Å². The van der Waals surface area contributed by atoms with E-state index in [1.54, 1.807) is 36.4 Å². The van der Waals surface area contributed by atoms with Crippen LogP contribution >= 0.6 is 7.60 Å². The highest BCUT2D eigenvalue weighted by atomic mass is 31.2. The van der Waals surface area contributed by atoms with E-state index in [1.807, 2.05) is 31.2 Å². The van der Waals surface area contributed by atoms with E-state index in [9.17, 15) is 28.7 Å². The first-order chi connectivity index (χ1) is 20.5. The highest BCUT2D eigenvalue weighted by Crippen LogP contribution is 2.49. The lowest BCUT2D eigenvalue weighted by Gasteiger charge is -2.39. The number of carbonyl (C=O) groups is 3. The van der Waals surface area contributed by atoms with Crippen molar-refractivity contribution in [2.24, 2.45) is 0 Å². The topological polar surface area (TPSA) is 174 Å². The number of anilines is 2. The number of nitrogens with one attached hydrogen (secondary N) is 2. The summed E-state index contributed by atoms with van der Waals surface area (Å²) in [4.78, 5) is 71.5. The quantitative estimate of drug-likeness (QED) is 0.196. The second-order valence-corrected chi connectivity index (χ2v) is 12.1. The van der Waals surface area contributed by atoms with Crippen molar-refractivity contribution in [3.63, 3.8) is 0 Å². The van der Waals surface area contributed by atoms with E-state index < -0.39 is 30.8 Å². The van der Waals surface area contributed by atoms with Crippen LogP contribution in [0, 0.1) is 0 Å². The minimum atomic E-state index is -5.26. The van der Waals surface area contributed by atoms with E-state index in [0.717, 1.165) is 19.8 Å². The monoisotopic (exact) mass is 610 g/mol. The van der Waals surface area contributed by atoms with Gasteiger partial charge in [-0.25, -0.2) is 14.8 Å². The van der Waals surface area contributed by atoms with Crippen molar-refractivity contribution in [2.75, 3.05) is 38.1 Å². The summed E-state index contributed by atoms with van der Waals surface area (Å²) < 4.78 is 17.9. The Morgan fingerprint density at radius 1 is 0.953 bits per heavy atom. The van der Waals surface area contributed by atoms with E-state index in [-0.39, 0.29) is 50.1 Å². The molecule has 1 saturated heterocycles. The molecule has 0 unspecified atom stereocenters. The molecule has 1 aliphatic heterocycles. The molecule has 1 aliphatic rings. The molecule has 0 radical (unpaired) electrons. The number of nitrogens with zero attached hydrogens (tertiary/aromatic N) is 4. The molecule has 0 aliphatic carbocycles. The number of unbranched alkanes of at least 4 members (excludes halogenated alkanes) is 1. The van der Waals surface area contributed by atoms with Gasteiger partial charge in [-0.05, 0) is 25.5 Å². The van der Waals surface area contributed by atoms with Gasteiger partial charge in [-0.15, -0.1) is 0 Å². The average Bonchev–Trinajstić information content (AvgIpc) is 3.01. The molecule has 1 atom stereocenters. The van der Waals surface area contributed by atoms with Crippen molar-refractivity contribution >= 4 is 37.0 Å². The number of para-hydroxylation sites is 1. The molecular formula is C29H35N6O7P. The number of hydrogen-bond acceptors (Lipinski definition) is 8. The van der Waals surface area contributed by atoms with Crippen LogP contribution in [-0.2, 0) is 14.1 Å². The number of aromatic nitrogens is 2. The molecule has 43 heavy (non-hydrogen) atoms. The maximum atomic E-state index is 13.6. The summed E-state index contributed by atoms with van der Waals surface area (Å²) in [5.41, 5.74) is 1.09. The van der Waals surface area contributed by atoms with Crippen LogP contribution in [0.2, 0.25) is 0 Å². The molecule has 13 nitrogen and oxygen atoms in total. The van der Waals surface area contributed by atoms with E-state index >= 15 is 0 Å². The Kier molecular flexibility index (Phi) is 10.1. The van der Waals surface area contributed by atoms with Crippen molar-refractivity contribution in [3.05, 3.63) is 72.4 Å². The summed E-state index contributed by atoms with van der Waals surface area (Å²) in [5.74, 6) is -1.50. The zero-order chi connectivity index (χ0) is 31.0. The van der Waals surface area contributed by atoms with Crippen LogP contribution in [0.25, 0.3) is 11.4 Å². The Morgan fingerprint density at radius 3 is 2.16 bits per heavy atom. The highest BCUT2D eigenvalue weighted by Gasteiger charge is 2.53. The summed E-state index contributed by atoms with van der Waals surface area (Å²) in [7, 11) is -5.26. The predicted molar refractivity (Wildman–Crippen MR) is 160 cm³/mol. The van der Waals surface area contributed by atoms with E-state index in [2.05, 4.69) is 20.6 Å². The van der Waals surface area contributed by atoms with Gasteiger partial charge in [-0.1, -0.05) is 61.9 Å². The largest absolute Gasteiger partial charge is 0.449 e. The first kappa shape index (κ1) is 31.6. The summed E-state index contributed by atoms with van der Waals surface area (Å²) in [6.07, 6.45) is 1.09. The maximum absolute atomic E-state index is 13.6. The molecule has 1 fully saturated rings. The number of rotatable bonds is 10. The van der Waals surface area contributed by atoms with Crippen molar-refractivity contribution < 1.29 is 33.5 Å². The molecular weight excluding hydrogens is 575 g/mol. The molecule has 0 spiro atoms. The van der Waals surface area contributed by atoms with Crippen molar-refractivity contribution in [1.29, 1.82) is 0 Å². The van der Waals surface area contributed by atoms with Gasteiger partial charge in [0.15, 0.2) is 5.82 Å². The lowest BCUT2D eigenvalue weighted by molar-refractivity contribution is -0.136. The van der Waals surface area contributed by atoms with Crippen molar-refractivity contribution in [1.82, 2.24) is 25.1 Å². The van der Waals surface area contributed by atoms with Crippen LogP contribution in [0.3, 0.4) is 0 Å². The molecule has 3 amide bonds. The maximum Gasteiger partial charge on any atom is 0.409 e. The standard InChI is InChI=1S/C29H35N6O7P/c1-3-4-19-42-28(38)35-17-15-34(16-18-35)27(37)29(2,43(39,40)41)33-26(36)23-20-24(30-22-13-9-6-10-14-22)32-25(31-23)21-11-7-5-8-12-21/h5-14,20H,3-4,15-19H2,1-2H3,(H,33,36)(H,30,31,32)(H2,39,40,41)/t29-/m0/s1. The smallest absolute Gasteiger partial charge is 0.409 e. The van der Waals surface area contributed by atoms with Gasteiger partial charge in [0.05, 0.1) is 6.61 Å². The normalized spacial score (nSPS) is 14.9. The zero-order valence-corrected chi connectivity index (χ0v) is 24.9. The third-order valence-electron chi connectivity index (χ3n) is 6.94. The first-order valence-electron chi connectivity index (χ1n) is 13.9. The summed E-state index contributed by atoms with van der Waals surface area (Å²) in [6, 6.07) is 19.3. The molecule has 3 aromatic rings. The zero-order valence-electron chi connectivity index (χ0n) is 24.0. The highest BCUT2D eigenvalue weighted by molar-refractivity contribution is 7.54. The van der Waals surface area contributed by atoms with Gasteiger partial charge in [-0.3, -0.25) is 14.2 Å². The Morgan fingerprint density at radius 2 is 1.56 bits per heavy atom.